The molecule has 1 aliphatic heterocycles. The molecule has 1 saturated heterocycles. The second-order valence-electron chi connectivity index (χ2n) is 6.80. The first-order chi connectivity index (χ1) is 13.0. The number of aromatic nitrogens is 3. The Bertz CT molecular complexity index is 1060. The lowest BCUT2D eigenvalue weighted by atomic mass is 10.1. The van der Waals surface area contributed by atoms with Crippen LogP contribution in [-0.2, 0) is 21.1 Å². The molecule has 142 valence electrons. The number of carbonyl (C=O) groups is 1. The molecule has 0 aromatic carbocycles. The number of nitrogens with zero attached hydrogens (tertiary/aromatic N) is 3. The Labute approximate surface area is 156 Å². The van der Waals surface area contributed by atoms with Gasteiger partial charge in [0, 0.05) is 31.6 Å². The Morgan fingerprint density at radius 2 is 2.26 bits per heavy atom. The van der Waals surface area contributed by atoms with E-state index in [9.17, 15) is 13.2 Å². The Kier molecular flexibility index (Phi) is 4.69. The highest BCUT2D eigenvalue weighted by atomic mass is 32.2. The third-order valence-electron chi connectivity index (χ3n) is 4.65. The Morgan fingerprint density at radius 3 is 3.00 bits per heavy atom. The molecule has 1 N–H and O–H groups in total. The van der Waals surface area contributed by atoms with Crippen molar-refractivity contribution in [2.45, 2.75) is 19.3 Å². The summed E-state index contributed by atoms with van der Waals surface area (Å²) in [6, 6.07) is 7.37. The van der Waals surface area contributed by atoms with Gasteiger partial charge in [0.05, 0.1) is 23.5 Å². The minimum atomic E-state index is -2.95. The normalized spacial score (nSPS) is 18.7. The van der Waals surface area contributed by atoms with E-state index in [1.165, 1.54) is 0 Å². The van der Waals surface area contributed by atoms with Crippen LogP contribution in [0.4, 0.5) is 0 Å². The molecule has 8 nitrogen and oxygen atoms in total. The SMILES string of the molecule is O=C(C[C@@H]1CCS(=O)(=O)C1)NCCc1cc2nc(-c3ccco3)ccn2n1. The molecule has 0 radical (unpaired) electrons. The van der Waals surface area contributed by atoms with Crippen LogP contribution in [0.25, 0.3) is 17.1 Å². The van der Waals surface area contributed by atoms with Crippen molar-refractivity contribution in [2.75, 3.05) is 18.1 Å². The largest absolute Gasteiger partial charge is 0.463 e. The smallest absolute Gasteiger partial charge is 0.220 e. The number of fused-ring (bicyclic) bond motifs is 1. The van der Waals surface area contributed by atoms with E-state index in [0.717, 1.165) is 11.4 Å². The van der Waals surface area contributed by atoms with E-state index in [2.05, 4.69) is 15.4 Å². The van der Waals surface area contributed by atoms with Gasteiger partial charge in [-0.05, 0) is 30.5 Å². The standard InChI is InChI=1S/C18H20N4O4S/c23-18(10-13-5-9-27(24,25)12-13)19-6-3-14-11-17-20-15(4-7-22(17)21-14)16-2-1-8-26-16/h1-2,4,7-8,11,13H,3,5-6,9-10,12H2,(H,19,23)/t13-/m0/s1. The van der Waals surface area contributed by atoms with Crippen LogP contribution in [0, 0.1) is 5.92 Å². The molecule has 3 aromatic rings. The minimum Gasteiger partial charge on any atom is -0.463 e. The summed E-state index contributed by atoms with van der Waals surface area (Å²) >= 11 is 0. The summed E-state index contributed by atoms with van der Waals surface area (Å²) in [6.45, 7) is 0.452. The van der Waals surface area contributed by atoms with Gasteiger partial charge in [-0.2, -0.15) is 5.10 Å². The number of hydrogen-bond donors (Lipinski definition) is 1. The van der Waals surface area contributed by atoms with Crippen LogP contribution in [0.3, 0.4) is 0 Å². The predicted octanol–water partition coefficient (Wildman–Crippen LogP) is 1.47. The first kappa shape index (κ1) is 17.7. The van der Waals surface area contributed by atoms with Crippen molar-refractivity contribution in [1.82, 2.24) is 19.9 Å². The van der Waals surface area contributed by atoms with Crippen molar-refractivity contribution in [2.24, 2.45) is 5.92 Å². The lowest BCUT2D eigenvalue weighted by molar-refractivity contribution is -0.121. The number of nitrogens with one attached hydrogen (secondary N) is 1. The highest BCUT2D eigenvalue weighted by Gasteiger charge is 2.29. The maximum Gasteiger partial charge on any atom is 0.220 e. The molecule has 0 aliphatic carbocycles. The van der Waals surface area contributed by atoms with Crippen molar-refractivity contribution < 1.29 is 17.6 Å². The number of carbonyl (C=O) groups excluding carboxylic acids is 1. The lowest BCUT2D eigenvalue weighted by Crippen LogP contribution is -2.28. The average molecular weight is 388 g/mol. The van der Waals surface area contributed by atoms with Gasteiger partial charge in [0.15, 0.2) is 21.2 Å². The summed E-state index contributed by atoms with van der Waals surface area (Å²) in [4.78, 5) is 16.5. The van der Waals surface area contributed by atoms with Crippen LogP contribution in [0.5, 0.6) is 0 Å². The van der Waals surface area contributed by atoms with Gasteiger partial charge >= 0.3 is 0 Å². The van der Waals surface area contributed by atoms with Crippen LogP contribution in [0.15, 0.2) is 41.1 Å². The van der Waals surface area contributed by atoms with Crippen LogP contribution in [0.1, 0.15) is 18.5 Å². The van der Waals surface area contributed by atoms with Gasteiger partial charge in [-0.3, -0.25) is 4.79 Å². The van der Waals surface area contributed by atoms with Gasteiger partial charge in [0.1, 0.15) is 5.69 Å². The molecule has 0 unspecified atom stereocenters. The van der Waals surface area contributed by atoms with Crippen molar-refractivity contribution in [3.8, 4) is 11.5 Å². The van der Waals surface area contributed by atoms with Gasteiger partial charge in [0.2, 0.25) is 5.91 Å². The van der Waals surface area contributed by atoms with Crippen LogP contribution in [-0.4, -0.2) is 47.0 Å². The maximum absolute atomic E-state index is 12.0. The fraction of sp³-hybridized carbons (Fsp3) is 0.389. The molecule has 1 atom stereocenters. The average Bonchev–Trinajstić information content (AvgIpc) is 3.33. The molecule has 1 fully saturated rings. The van der Waals surface area contributed by atoms with Crippen molar-refractivity contribution in [3.63, 3.8) is 0 Å². The second-order valence-corrected chi connectivity index (χ2v) is 9.03. The molecule has 4 rings (SSSR count). The van der Waals surface area contributed by atoms with Crippen molar-refractivity contribution in [3.05, 3.63) is 42.4 Å². The number of furan rings is 1. The summed E-state index contributed by atoms with van der Waals surface area (Å²) in [6.07, 6.45) is 4.84. The zero-order valence-corrected chi connectivity index (χ0v) is 15.5. The minimum absolute atomic E-state index is 0.0607. The summed E-state index contributed by atoms with van der Waals surface area (Å²) in [5.41, 5.74) is 2.27. The molecular formula is C18H20N4O4S. The summed E-state index contributed by atoms with van der Waals surface area (Å²) in [5.74, 6) is 0.838. The zero-order valence-electron chi connectivity index (χ0n) is 14.7. The number of rotatable bonds is 6. The third kappa shape index (κ3) is 4.19. The van der Waals surface area contributed by atoms with Gasteiger partial charge < -0.3 is 9.73 Å². The zero-order chi connectivity index (χ0) is 18.9. The Hall–Kier alpha value is -2.68. The first-order valence-electron chi connectivity index (χ1n) is 8.85. The van der Waals surface area contributed by atoms with E-state index in [1.54, 1.807) is 10.8 Å². The molecule has 0 saturated carbocycles. The van der Waals surface area contributed by atoms with Crippen molar-refractivity contribution in [1.29, 1.82) is 0 Å². The predicted molar refractivity (Wildman–Crippen MR) is 98.8 cm³/mol. The van der Waals surface area contributed by atoms with Crippen molar-refractivity contribution >= 4 is 21.4 Å². The molecule has 0 bridgehead atoms. The lowest BCUT2D eigenvalue weighted by Gasteiger charge is -2.07. The fourth-order valence-electron chi connectivity index (χ4n) is 3.31. The van der Waals surface area contributed by atoms with Gasteiger partial charge in [-0.25, -0.2) is 17.9 Å². The molecular weight excluding hydrogens is 368 g/mol. The second kappa shape index (κ2) is 7.15. The molecule has 4 heterocycles. The van der Waals surface area contributed by atoms with E-state index < -0.39 is 9.84 Å². The quantitative estimate of drug-likeness (QED) is 0.685. The highest BCUT2D eigenvalue weighted by Crippen LogP contribution is 2.21. The number of sulfone groups is 1. The van der Waals surface area contributed by atoms with E-state index >= 15 is 0 Å². The van der Waals surface area contributed by atoms with E-state index in [-0.39, 0.29) is 29.8 Å². The number of amides is 1. The molecule has 1 aliphatic rings. The van der Waals surface area contributed by atoms with Gasteiger partial charge in [-0.15, -0.1) is 0 Å². The number of hydrogen-bond acceptors (Lipinski definition) is 6. The summed E-state index contributed by atoms with van der Waals surface area (Å²) in [5, 5.41) is 7.29. The van der Waals surface area contributed by atoms with Crippen LogP contribution in [0.2, 0.25) is 0 Å². The van der Waals surface area contributed by atoms with Crippen LogP contribution >= 0.6 is 0 Å². The third-order valence-corrected chi connectivity index (χ3v) is 6.49. The van der Waals surface area contributed by atoms with E-state index in [4.69, 9.17) is 4.42 Å². The molecule has 0 spiro atoms. The monoisotopic (exact) mass is 388 g/mol. The molecule has 1 amide bonds. The Balaban J connectivity index is 1.32. The Morgan fingerprint density at radius 1 is 1.37 bits per heavy atom. The summed E-state index contributed by atoms with van der Waals surface area (Å²) < 4.78 is 29.9. The maximum atomic E-state index is 12.0. The first-order valence-corrected chi connectivity index (χ1v) is 10.7. The van der Waals surface area contributed by atoms with E-state index in [0.29, 0.717) is 30.8 Å². The van der Waals surface area contributed by atoms with Gasteiger partial charge in [0.25, 0.3) is 0 Å². The van der Waals surface area contributed by atoms with Gasteiger partial charge in [-0.1, -0.05) is 0 Å². The fourth-order valence-corrected chi connectivity index (χ4v) is 5.17. The molecule has 3 aromatic heterocycles. The highest BCUT2D eigenvalue weighted by molar-refractivity contribution is 7.91. The van der Waals surface area contributed by atoms with Crippen LogP contribution < -0.4 is 5.32 Å². The molecule has 9 heteroatoms. The topological polar surface area (TPSA) is 107 Å². The van der Waals surface area contributed by atoms with E-state index in [1.807, 2.05) is 30.5 Å². The summed E-state index contributed by atoms with van der Waals surface area (Å²) in [7, 11) is -2.95. The molecule has 27 heavy (non-hydrogen) atoms.